The number of carbonyl (C=O) groups excluding carboxylic acids is 1. The number of rotatable bonds is 4. The molecule has 0 radical (unpaired) electrons. The highest BCUT2D eigenvalue weighted by Gasteiger charge is 2.38. The van der Waals surface area contributed by atoms with Crippen LogP contribution < -0.4 is 4.74 Å². The van der Waals surface area contributed by atoms with E-state index in [9.17, 15) is 9.90 Å². The van der Waals surface area contributed by atoms with Crippen LogP contribution in [0.3, 0.4) is 0 Å². The zero-order valence-corrected chi connectivity index (χ0v) is 15.6. The number of aryl methyl sites for hydroxylation is 1. The molecule has 0 bridgehead atoms. The van der Waals surface area contributed by atoms with Crippen molar-refractivity contribution in [2.75, 3.05) is 26.3 Å². The second kappa shape index (κ2) is 7.33. The minimum absolute atomic E-state index is 0.0344. The van der Waals surface area contributed by atoms with E-state index in [1.807, 2.05) is 41.3 Å². The normalized spacial score (nSPS) is 19.4. The lowest BCUT2D eigenvalue weighted by Gasteiger charge is -2.37. The van der Waals surface area contributed by atoms with Gasteiger partial charge in [-0.25, -0.2) is 0 Å². The molecule has 0 saturated carbocycles. The first kappa shape index (κ1) is 18.0. The minimum atomic E-state index is -0.896. The number of aliphatic hydroxyl groups is 1. The van der Waals surface area contributed by atoms with Gasteiger partial charge < -0.3 is 19.5 Å². The predicted molar refractivity (Wildman–Crippen MR) is 102 cm³/mol. The lowest BCUT2D eigenvalue weighted by atomic mass is 9.91. The Hall–Kier alpha value is -2.37. The third kappa shape index (κ3) is 3.84. The summed E-state index contributed by atoms with van der Waals surface area (Å²) in [6.07, 6.45) is 1.80. The van der Waals surface area contributed by atoms with Crippen LogP contribution in [0.2, 0.25) is 0 Å². The van der Waals surface area contributed by atoms with Gasteiger partial charge in [-0.3, -0.25) is 4.79 Å². The van der Waals surface area contributed by atoms with Crippen molar-refractivity contribution < 1.29 is 19.4 Å². The van der Waals surface area contributed by atoms with Gasteiger partial charge in [0, 0.05) is 31.5 Å². The van der Waals surface area contributed by atoms with Gasteiger partial charge in [0.1, 0.15) is 17.5 Å². The van der Waals surface area contributed by atoms with E-state index in [0.29, 0.717) is 31.9 Å². The Morgan fingerprint density at radius 3 is 2.26 bits per heavy atom. The van der Waals surface area contributed by atoms with E-state index in [2.05, 4.69) is 6.92 Å². The Bertz CT molecular complexity index is 788. The molecule has 4 rings (SSSR count). The van der Waals surface area contributed by atoms with Crippen molar-refractivity contribution in [2.24, 2.45) is 0 Å². The third-order valence-electron chi connectivity index (χ3n) is 5.40. The SMILES string of the molecule is Cc1ccc(OC2CCN(C(=O)c3ccc(C4(O)COC4)cc3)CC2)cc1. The number of carbonyl (C=O) groups is 1. The van der Waals surface area contributed by atoms with Gasteiger partial charge in [-0.1, -0.05) is 29.8 Å². The lowest BCUT2D eigenvalue weighted by Crippen LogP contribution is -2.46. The molecule has 2 saturated heterocycles. The first-order chi connectivity index (χ1) is 13.0. The molecule has 0 unspecified atom stereocenters. The molecule has 142 valence electrons. The van der Waals surface area contributed by atoms with Crippen LogP contribution in [0.25, 0.3) is 0 Å². The molecule has 2 heterocycles. The highest BCUT2D eigenvalue weighted by Crippen LogP contribution is 2.29. The Kier molecular flexibility index (Phi) is 4.89. The standard InChI is InChI=1S/C22H25NO4/c1-16-2-8-19(9-3-16)27-20-10-12-23(13-11-20)21(24)17-4-6-18(7-5-17)22(25)14-26-15-22/h2-9,20,25H,10-15H2,1H3. The number of benzene rings is 2. The van der Waals surface area contributed by atoms with Gasteiger partial charge in [0.15, 0.2) is 0 Å². The van der Waals surface area contributed by atoms with Gasteiger partial charge in [-0.15, -0.1) is 0 Å². The Labute approximate surface area is 159 Å². The molecular formula is C22H25NO4. The van der Waals surface area contributed by atoms with Gasteiger partial charge in [-0.05, 0) is 36.8 Å². The van der Waals surface area contributed by atoms with Crippen molar-refractivity contribution in [3.63, 3.8) is 0 Å². The van der Waals surface area contributed by atoms with Crippen LogP contribution in [-0.4, -0.2) is 48.3 Å². The molecule has 0 aromatic heterocycles. The number of piperidine rings is 1. The van der Waals surface area contributed by atoms with Crippen molar-refractivity contribution >= 4 is 5.91 Å². The van der Waals surface area contributed by atoms with Crippen LogP contribution in [0.5, 0.6) is 5.75 Å². The van der Waals surface area contributed by atoms with E-state index < -0.39 is 5.60 Å². The molecule has 0 spiro atoms. The number of likely N-dealkylation sites (tertiary alicyclic amines) is 1. The van der Waals surface area contributed by atoms with Crippen molar-refractivity contribution in [2.45, 2.75) is 31.5 Å². The Balaban J connectivity index is 1.32. The van der Waals surface area contributed by atoms with E-state index in [1.54, 1.807) is 12.1 Å². The van der Waals surface area contributed by atoms with Crippen LogP contribution >= 0.6 is 0 Å². The van der Waals surface area contributed by atoms with E-state index >= 15 is 0 Å². The number of hydrogen-bond acceptors (Lipinski definition) is 4. The molecule has 0 atom stereocenters. The summed E-state index contributed by atoms with van der Waals surface area (Å²) in [6.45, 7) is 4.06. The fourth-order valence-corrected chi connectivity index (χ4v) is 3.55. The van der Waals surface area contributed by atoms with Crippen molar-refractivity contribution in [3.8, 4) is 5.75 Å². The second-order valence-corrected chi connectivity index (χ2v) is 7.52. The molecule has 2 aliphatic heterocycles. The zero-order valence-electron chi connectivity index (χ0n) is 15.6. The Morgan fingerprint density at radius 1 is 1.07 bits per heavy atom. The van der Waals surface area contributed by atoms with E-state index in [4.69, 9.17) is 9.47 Å². The van der Waals surface area contributed by atoms with Crippen LogP contribution in [0.15, 0.2) is 48.5 Å². The number of amides is 1. The summed E-state index contributed by atoms with van der Waals surface area (Å²) in [5, 5.41) is 10.3. The molecule has 2 aliphatic rings. The van der Waals surface area contributed by atoms with Crippen LogP contribution in [-0.2, 0) is 10.3 Å². The molecule has 2 fully saturated rings. The second-order valence-electron chi connectivity index (χ2n) is 7.52. The predicted octanol–water partition coefficient (Wildman–Crippen LogP) is 2.90. The zero-order chi connectivity index (χ0) is 18.9. The molecule has 1 N–H and O–H groups in total. The van der Waals surface area contributed by atoms with Crippen LogP contribution in [0.4, 0.5) is 0 Å². The third-order valence-corrected chi connectivity index (χ3v) is 5.40. The number of ether oxygens (including phenoxy) is 2. The maximum Gasteiger partial charge on any atom is 0.253 e. The summed E-state index contributed by atoms with van der Waals surface area (Å²) in [5.74, 6) is 0.922. The van der Waals surface area contributed by atoms with Crippen molar-refractivity contribution in [3.05, 3.63) is 65.2 Å². The molecule has 2 aromatic rings. The van der Waals surface area contributed by atoms with Gasteiger partial charge >= 0.3 is 0 Å². The maximum atomic E-state index is 12.7. The van der Waals surface area contributed by atoms with Gasteiger partial charge in [0.05, 0.1) is 13.2 Å². The monoisotopic (exact) mass is 367 g/mol. The highest BCUT2D eigenvalue weighted by atomic mass is 16.5. The quantitative estimate of drug-likeness (QED) is 0.903. The minimum Gasteiger partial charge on any atom is -0.490 e. The van der Waals surface area contributed by atoms with Crippen LogP contribution in [0.1, 0.15) is 34.3 Å². The van der Waals surface area contributed by atoms with Gasteiger partial charge in [0.2, 0.25) is 0 Å². The molecule has 0 aliphatic carbocycles. The number of hydrogen-bond donors (Lipinski definition) is 1. The molecule has 1 amide bonds. The van der Waals surface area contributed by atoms with E-state index in [1.165, 1.54) is 5.56 Å². The smallest absolute Gasteiger partial charge is 0.253 e. The average Bonchev–Trinajstić information content (AvgIpc) is 2.68. The summed E-state index contributed by atoms with van der Waals surface area (Å²) in [6, 6.07) is 15.3. The van der Waals surface area contributed by atoms with Gasteiger partial charge in [-0.2, -0.15) is 0 Å². The Morgan fingerprint density at radius 2 is 1.70 bits per heavy atom. The topological polar surface area (TPSA) is 59.0 Å². The maximum absolute atomic E-state index is 12.7. The first-order valence-electron chi connectivity index (χ1n) is 9.47. The summed E-state index contributed by atoms with van der Waals surface area (Å²) in [5.41, 5.74) is 1.77. The van der Waals surface area contributed by atoms with Crippen LogP contribution in [0, 0.1) is 6.92 Å². The average molecular weight is 367 g/mol. The van der Waals surface area contributed by atoms with Crippen molar-refractivity contribution in [1.29, 1.82) is 0 Å². The largest absolute Gasteiger partial charge is 0.490 e. The summed E-state index contributed by atoms with van der Waals surface area (Å²) >= 11 is 0. The summed E-state index contributed by atoms with van der Waals surface area (Å²) in [4.78, 5) is 14.6. The molecular weight excluding hydrogens is 342 g/mol. The van der Waals surface area contributed by atoms with E-state index in [0.717, 1.165) is 24.2 Å². The highest BCUT2D eigenvalue weighted by molar-refractivity contribution is 5.94. The van der Waals surface area contributed by atoms with Crippen molar-refractivity contribution in [1.82, 2.24) is 4.90 Å². The summed E-state index contributed by atoms with van der Waals surface area (Å²) in [7, 11) is 0. The molecule has 2 aromatic carbocycles. The fraction of sp³-hybridized carbons (Fsp3) is 0.409. The molecule has 5 heteroatoms. The number of nitrogens with zero attached hydrogens (tertiary/aromatic N) is 1. The van der Waals surface area contributed by atoms with Gasteiger partial charge in [0.25, 0.3) is 5.91 Å². The molecule has 5 nitrogen and oxygen atoms in total. The lowest BCUT2D eigenvalue weighted by molar-refractivity contribution is -0.184. The van der Waals surface area contributed by atoms with E-state index in [-0.39, 0.29) is 12.0 Å². The molecule has 27 heavy (non-hydrogen) atoms. The summed E-state index contributed by atoms with van der Waals surface area (Å²) < 4.78 is 11.1. The first-order valence-corrected chi connectivity index (χ1v) is 9.47. The fourth-order valence-electron chi connectivity index (χ4n) is 3.55.